The minimum Gasteiger partial charge on any atom is -0.423 e. The maximum atomic E-state index is 13.1. The van der Waals surface area contributed by atoms with E-state index in [2.05, 4.69) is 64.1 Å². The second kappa shape index (κ2) is 26.8. The van der Waals surface area contributed by atoms with Crippen molar-refractivity contribution in [2.75, 3.05) is 6.61 Å². The van der Waals surface area contributed by atoms with E-state index < -0.39 is 0 Å². The highest BCUT2D eigenvalue weighted by molar-refractivity contribution is 5.91. The number of carbonyl (C=O) groups is 1. The Labute approximate surface area is 313 Å². The van der Waals surface area contributed by atoms with Gasteiger partial charge < -0.3 is 9.47 Å². The lowest BCUT2D eigenvalue weighted by molar-refractivity contribution is 0.0627. The Morgan fingerprint density at radius 2 is 1.08 bits per heavy atom. The Morgan fingerprint density at radius 1 is 0.549 bits per heavy atom. The zero-order chi connectivity index (χ0) is 36.4. The monoisotopic (exact) mass is 697 g/mol. The molecular formula is C48H72O3. The second-order valence-electron chi connectivity index (χ2n) is 14.9. The molecule has 51 heavy (non-hydrogen) atoms. The van der Waals surface area contributed by atoms with Gasteiger partial charge in [0, 0.05) is 6.61 Å². The first kappa shape index (κ1) is 42.5. The van der Waals surface area contributed by atoms with Gasteiger partial charge in [-0.3, -0.25) is 0 Å². The third-order valence-corrected chi connectivity index (χ3v) is 10.6. The molecule has 0 aromatic heterocycles. The summed E-state index contributed by atoms with van der Waals surface area (Å²) in [4.78, 5) is 13.1. The van der Waals surface area contributed by atoms with E-state index in [1.807, 2.05) is 36.4 Å². The highest BCUT2D eigenvalue weighted by Gasteiger charge is 2.17. The van der Waals surface area contributed by atoms with Crippen LogP contribution in [0.15, 0.2) is 72.8 Å². The molecule has 0 spiro atoms. The zero-order valence-corrected chi connectivity index (χ0v) is 33.1. The Morgan fingerprint density at radius 3 is 1.65 bits per heavy atom. The molecule has 0 saturated carbocycles. The molecule has 3 aromatic carbocycles. The lowest BCUT2D eigenvalue weighted by atomic mass is 9.84. The SMILES string of the molecule is CCCCCCCCCCCCOC(C)c1ccc(OC(=O)c2ccc(-c3ccccc3C(CCC)CCCCCCCCCCC)cc2)cc1. The lowest BCUT2D eigenvalue weighted by Crippen LogP contribution is -2.08. The van der Waals surface area contributed by atoms with E-state index in [0.29, 0.717) is 17.2 Å². The summed E-state index contributed by atoms with van der Waals surface area (Å²) in [7, 11) is 0. The summed E-state index contributed by atoms with van der Waals surface area (Å²) in [6, 6.07) is 24.6. The number of hydrogen-bond donors (Lipinski definition) is 0. The van der Waals surface area contributed by atoms with Gasteiger partial charge in [-0.1, -0.05) is 191 Å². The van der Waals surface area contributed by atoms with E-state index in [-0.39, 0.29) is 12.1 Å². The largest absolute Gasteiger partial charge is 0.423 e. The first-order chi connectivity index (χ1) is 25.1. The molecule has 3 rings (SSSR count). The lowest BCUT2D eigenvalue weighted by Gasteiger charge is -2.21. The molecule has 0 heterocycles. The molecule has 0 aliphatic rings. The van der Waals surface area contributed by atoms with Crippen molar-refractivity contribution >= 4 is 5.97 Å². The fourth-order valence-electron chi connectivity index (χ4n) is 7.33. The maximum absolute atomic E-state index is 13.1. The van der Waals surface area contributed by atoms with Gasteiger partial charge in [0.2, 0.25) is 0 Å². The smallest absolute Gasteiger partial charge is 0.343 e. The maximum Gasteiger partial charge on any atom is 0.343 e. The second-order valence-corrected chi connectivity index (χ2v) is 14.9. The first-order valence-electron chi connectivity index (χ1n) is 21.2. The van der Waals surface area contributed by atoms with Crippen LogP contribution >= 0.6 is 0 Å². The van der Waals surface area contributed by atoms with Gasteiger partial charge in [-0.05, 0) is 78.6 Å². The number of benzene rings is 3. The van der Waals surface area contributed by atoms with Crippen LogP contribution in [0.2, 0.25) is 0 Å². The van der Waals surface area contributed by atoms with Crippen LogP contribution in [-0.4, -0.2) is 12.6 Å². The molecule has 0 N–H and O–H groups in total. The van der Waals surface area contributed by atoms with Gasteiger partial charge in [0.05, 0.1) is 11.7 Å². The van der Waals surface area contributed by atoms with Crippen molar-refractivity contribution in [3.8, 4) is 16.9 Å². The van der Waals surface area contributed by atoms with Crippen LogP contribution < -0.4 is 4.74 Å². The molecule has 0 amide bonds. The number of esters is 1. The molecule has 0 bridgehead atoms. The van der Waals surface area contributed by atoms with Gasteiger partial charge in [-0.25, -0.2) is 4.79 Å². The van der Waals surface area contributed by atoms with Crippen molar-refractivity contribution in [1.82, 2.24) is 0 Å². The molecule has 3 heteroatoms. The van der Waals surface area contributed by atoms with Crippen molar-refractivity contribution in [1.29, 1.82) is 0 Å². The van der Waals surface area contributed by atoms with Crippen molar-refractivity contribution < 1.29 is 14.3 Å². The van der Waals surface area contributed by atoms with Crippen LogP contribution in [0.5, 0.6) is 5.75 Å². The third-order valence-electron chi connectivity index (χ3n) is 10.6. The van der Waals surface area contributed by atoms with Crippen molar-refractivity contribution in [2.24, 2.45) is 0 Å². The van der Waals surface area contributed by atoms with E-state index >= 15 is 0 Å². The van der Waals surface area contributed by atoms with Crippen LogP contribution in [-0.2, 0) is 4.74 Å². The summed E-state index contributed by atoms with van der Waals surface area (Å²) in [6.07, 6.45) is 29.2. The summed E-state index contributed by atoms with van der Waals surface area (Å²) in [5.41, 5.74) is 5.55. The van der Waals surface area contributed by atoms with Crippen molar-refractivity contribution in [3.63, 3.8) is 0 Å². The van der Waals surface area contributed by atoms with Crippen molar-refractivity contribution in [2.45, 2.75) is 181 Å². The van der Waals surface area contributed by atoms with Crippen LogP contribution in [0.3, 0.4) is 0 Å². The quantitative estimate of drug-likeness (QED) is 0.0412. The Balaban J connectivity index is 1.43. The molecule has 282 valence electrons. The van der Waals surface area contributed by atoms with Crippen LogP contribution in [0.4, 0.5) is 0 Å². The molecule has 0 aliphatic carbocycles. The van der Waals surface area contributed by atoms with Gasteiger partial charge in [0.25, 0.3) is 0 Å². The van der Waals surface area contributed by atoms with Crippen LogP contribution in [0, 0.1) is 0 Å². The normalized spacial score (nSPS) is 12.5. The number of rotatable bonds is 29. The average Bonchev–Trinajstić information content (AvgIpc) is 3.16. The number of unbranched alkanes of at least 4 members (excludes halogenated alkanes) is 17. The van der Waals surface area contributed by atoms with Gasteiger partial charge >= 0.3 is 5.97 Å². The number of carbonyl (C=O) groups excluding carboxylic acids is 1. The van der Waals surface area contributed by atoms with Gasteiger partial charge in [0.1, 0.15) is 5.75 Å². The van der Waals surface area contributed by atoms with E-state index in [1.165, 1.54) is 146 Å². The summed E-state index contributed by atoms with van der Waals surface area (Å²) in [6.45, 7) is 9.74. The predicted molar refractivity (Wildman–Crippen MR) is 219 cm³/mol. The summed E-state index contributed by atoms with van der Waals surface area (Å²) in [5.74, 6) is 0.789. The standard InChI is InChI=1S/C48H72O3/c1-5-8-10-12-14-16-18-20-22-26-39-50-40(4)41-35-37-45(38-36-41)51-48(49)44-33-31-43(32-34-44)47-30-25-24-29-46(47)42(27-7-3)28-23-21-19-17-15-13-11-9-6-2/h24-25,29-38,40,42H,5-23,26-28,39H2,1-4H3. The topological polar surface area (TPSA) is 35.5 Å². The molecule has 0 fully saturated rings. The van der Waals surface area contributed by atoms with Crippen LogP contribution in [0.1, 0.15) is 202 Å². The predicted octanol–water partition coefficient (Wildman–Crippen LogP) is 15.4. The highest BCUT2D eigenvalue weighted by Crippen LogP contribution is 2.35. The molecule has 0 radical (unpaired) electrons. The van der Waals surface area contributed by atoms with E-state index in [4.69, 9.17) is 9.47 Å². The third kappa shape index (κ3) is 17.0. The molecule has 2 atom stereocenters. The highest BCUT2D eigenvalue weighted by atomic mass is 16.5. The number of hydrogen-bond acceptors (Lipinski definition) is 3. The molecule has 3 aromatic rings. The average molecular weight is 697 g/mol. The minimum absolute atomic E-state index is 0.0192. The minimum atomic E-state index is -0.331. The Bertz CT molecular complexity index is 1290. The Hall–Kier alpha value is -2.91. The first-order valence-corrected chi connectivity index (χ1v) is 21.2. The molecule has 2 unspecified atom stereocenters. The molecule has 0 saturated heterocycles. The van der Waals surface area contributed by atoms with Crippen molar-refractivity contribution in [3.05, 3.63) is 89.5 Å². The van der Waals surface area contributed by atoms with Gasteiger partial charge in [-0.2, -0.15) is 0 Å². The molecular weight excluding hydrogens is 625 g/mol. The van der Waals surface area contributed by atoms with Gasteiger partial charge in [0.15, 0.2) is 0 Å². The zero-order valence-electron chi connectivity index (χ0n) is 33.1. The Kier molecular flexibility index (Phi) is 22.3. The van der Waals surface area contributed by atoms with E-state index in [1.54, 1.807) is 0 Å². The van der Waals surface area contributed by atoms with Gasteiger partial charge in [-0.15, -0.1) is 0 Å². The molecule has 0 aliphatic heterocycles. The summed E-state index contributed by atoms with van der Waals surface area (Å²) < 4.78 is 11.9. The number of ether oxygens (including phenoxy) is 2. The molecule has 3 nitrogen and oxygen atoms in total. The summed E-state index contributed by atoms with van der Waals surface area (Å²) >= 11 is 0. The fourth-order valence-corrected chi connectivity index (χ4v) is 7.33. The van der Waals surface area contributed by atoms with E-state index in [9.17, 15) is 4.79 Å². The van der Waals surface area contributed by atoms with E-state index in [0.717, 1.165) is 24.2 Å². The fraction of sp³-hybridized carbons (Fsp3) is 0.604. The van der Waals surface area contributed by atoms with Crippen LogP contribution in [0.25, 0.3) is 11.1 Å². The summed E-state index contributed by atoms with van der Waals surface area (Å²) in [5, 5.41) is 0.